The number of carbonyl (C=O) groups is 2. The van der Waals surface area contributed by atoms with E-state index in [1.54, 1.807) is 0 Å². The maximum Gasteiger partial charge on any atom is 0.303 e. The summed E-state index contributed by atoms with van der Waals surface area (Å²) in [5.74, 6) is -0.836. The lowest BCUT2D eigenvalue weighted by atomic mass is 10.0. The van der Waals surface area contributed by atoms with Crippen molar-refractivity contribution < 1.29 is 14.7 Å². The van der Waals surface area contributed by atoms with Gasteiger partial charge in [-0.3, -0.25) is 9.59 Å². The van der Waals surface area contributed by atoms with Crippen LogP contribution >= 0.6 is 0 Å². The van der Waals surface area contributed by atoms with Crippen molar-refractivity contribution in [3.8, 4) is 0 Å². The summed E-state index contributed by atoms with van der Waals surface area (Å²) in [6.45, 7) is 0.521. The minimum absolute atomic E-state index is 0.0355. The van der Waals surface area contributed by atoms with Crippen LogP contribution in [0.25, 0.3) is 0 Å². The molecule has 1 amide bonds. The predicted molar refractivity (Wildman–Crippen MR) is 77.1 cm³/mol. The smallest absolute Gasteiger partial charge is 0.303 e. The molecule has 0 aliphatic carbocycles. The first kappa shape index (κ1) is 16.2. The SMILES string of the molecule is NC(CCC(=O)NCCCCC(=O)O)c1ccccc1. The van der Waals surface area contributed by atoms with Crippen molar-refractivity contribution in [1.82, 2.24) is 5.32 Å². The molecule has 0 aliphatic heterocycles. The second-order valence-corrected chi connectivity index (χ2v) is 4.76. The third-order valence-corrected chi connectivity index (χ3v) is 3.05. The van der Waals surface area contributed by atoms with Gasteiger partial charge in [-0.1, -0.05) is 30.3 Å². The van der Waals surface area contributed by atoms with Crippen molar-refractivity contribution >= 4 is 11.9 Å². The molecule has 1 unspecified atom stereocenters. The molecule has 0 radical (unpaired) electrons. The Hall–Kier alpha value is -1.88. The monoisotopic (exact) mass is 278 g/mol. The molecule has 1 aromatic carbocycles. The van der Waals surface area contributed by atoms with E-state index in [-0.39, 0.29) is 18.4 Å². The van der Waals surface area contributed by atoms with Crippen molar-refractivity contribution in [2.45, 2.75) is 38.1 Å². The standard InChI is InChI=1S/C15H22N2O3/c16-13(12-6-2-1-3-7-12)9-10-14(18)17-11-5-4-8-15(19)20/h1-3,6-7,13H,4-5,8-11,16H2,(H,17,18)(H,19,20). The lowest BCUT2D eigenvalue weighted by Crippen LogP contribution is -2.25. The molecule has 5 heteroatoms. The molecule has 0 aromatic heterocycles. The highest BCUT2D eigenvalue weighted by Crippen LogP contribution is 2.14. The summed E-state index contributed by atoms with van der Waals surface area (Å²) in [4.78, 5) is 21.9. The van der Waals surface area contributed by atoms with Gasteiger partial charge in [-0.25, -0.2) is 0 Å². The fourth-order valence-electron chi connectivity index (χ4n) is 1.87. The molecule has 0 heterocycles. The van der Waals surface area contributed by atoms with E-state index < -0.39 is 5.97 Å². The number of unbranched alkanes of at least 4 members (excludes halogenated alkanes) is 1. The average Bonchev–Trinajstić information content (AvgIpc) is 2.45. The van der Waals surface area contributed by atoms with Crippen LogP contribution in [0.3, 0.4) is 0 Å². The van der Waals surface area contributed by atoms with Gasteiger partial charge < -0.3 is 16.2 Å². The zero-order valence-corrected chi connectivity index (χ0v) is 11.5. The van der Waals surface area contributed by atoms with Crippen molar-refractivity contribution in [1.29, 1.82) is 0 Å². The second kappa shape index (κ2) is 9.09. The van der Waals surface area contributed by atoms with Crippen LogP contribution in [-0.2, 0) is 9.59 Å². The highest BCUT2D eigenvalue weighted by molar-refractivity contribution is 5.75. The molecule has 110 valence electrons. The van der Waals surface area contributed by atoms with Gasteiger partial charge in [-0.2, -0.15) is 0 Å². The number of benzene rings is 1. The molecule has 1 atom stereocenters. The molecule has 4 N–H and O–H groups in total. The molecule has 5 nitrogen and oxygen atoms in total. The largest absolute Gasteiger partial charge is 0.481 e. The maximum atomic E-state index is 11.6. The van der Waals surface area contributed by atoms with Crippen LogP contribution in [0.4, 0.5) is 0 Å². The van der Waals surface area contributed by atoms with E-state index in [1.165, 1.54) is 0 Å². The Balaban J connectivity index is 2.12. The second-order valence-electron chi connectivity index (χ2n) is 4.76. The number of nitrogens with one attached hydrogen (secondary N) is 1. The number of rotatable bonds is 9. The molecular weight excluding hydrogens is 256 g/mol. The van der Waals surface area contributed by atoms with E-state index in [9.17, 15) is 9.59 Å². The third-order valence-electron chi connectivity index (χ3n) is 3.05. The first-order chi connectivity index (χ1) is 9.59. The molecule has 0 aliphatic rings. The minimum atomic E-state index is -0.801. The minimum Gasteiger partial charge on any atom is -0.481 e. The number of amides is 1. The molecule has 0 saturated heterocycles. The zero-order valence-electron chi connectivity index (χ0n) is 11.5. The predicted octanol–water partition coefficient (Wildman–Crippen LogP) is 1.84. The fraction of sp³-hybridized carbons (Fsp3) is 0.467. The van der Waals surface area contributed by atoms with Crippen molar-refractivity contribution in [2.75, 3.05) is 6.54 Å². The van der Waals surface area contributed by atoms with E-state index in [1.807, 2.05) is 30.3 Å². The molecule has 1 rings (SSSR count). The van der Waals surface area contributed by atoms with E-state index in [0.29, 0.717) is 32.2 Å². The van der Waals surface area contributed by atoms with Gasteiger partial charge >= 0.3 is 5.97 Å². The molecular formula is C15H22N2O3. The molecule has 0 spiro atoms. The molecule has 1 aromatic rings. The van der Waals surface area contributed by atoms with Crippen LogP contribution in [0, 0.1) is 0 Å². The Labute approximate surface area is 119 Å². The Morgan fingerprint density at radius 1 is 1.15 bits per heavy atom. The summed E-state index contributed by atoms with van der Waals surface area (Å²) in [6.07, 6.45) is 2.40. The summed E-state index contributed by atoms with van der Waals surface area (Å²) in [5, 5.41) is 11.3. The summed E-state index contributed by atoms with van der Waals surface area (Å²) in [5.41, 5.74) is 7.04. The number of carboxylic acids is 1. The van der Waals surface area contributed by atoms with Gasteiger partial charge in [0.15, 0.2) is 0 Å². The average molecular weight is 278 g/mol. The van der Waals surface area contributed by atoms with Gasteiger partial charge in [0.25, 0.3) is 0 Å². The van der Waals surface area contributed by atoms with E-state index in [4.69, 9.17) is 10.8 Å². The van der Waals surface area contributed by atoms with E-state index in [2.05, 4.69) is 5.32 Å². The third kappa shape index (κ3) is 6.89. The van der Waals surface area contributed by atoms with E-state index >= 15 is 0 Å². The Morgan fingerprint density at radius 3 is 2.50 bits per heavy atom. The summed E-state index contributed by atoms with van der Waals surface area (Å²) in [6, 6.07) is 9.56. The quantitative estimate of drug-likeness (QED) is 0.601. The van der Waals surface area contributed by atoms with Gasteiger partial charge in [0, 0.05) is 25.4 Å². The lowest BCUT2D eigenvalue weighted by Gasteiger charge is -2.11. The van der Waals surface area contributed by atoms with Gasteiger partial charge in [-0.05, 0) is 24.8 Å². The van der Waals surface area contributed by atoms with Crippen molar-refractivity contribution in [2.24, 2.45) is 5.73 Å². The number of hydrogen-bond acceptors (Lipinski definition) is 3. The number of nitrogens with two attached hydrogens (primary N) is 1. The molecule has 0 bridgehead atoms. The number of carbonyl (C=O) groups excluding carboxylic acids is 1. The lowest BCUT2D eigenvalue weighted by molar-refractivity contribution is -0.137. The molecule has 0 saturated carbocycles. The van der Waals surface area contributed by atoms with Crippen LogP contribution in [0.5, 0.6) is 0 Å². The van der Waals surface area contributed by atoms with Crippen LogP contribution in [0.15, 0.2) is 30.3 Å². The highest BCUT2D eigenvalue weighted by atomic mass is 16.4. The van der Waals surface area contributed by atoms with Gasteiger partial charge in [0.05, 0.1) is 0 Å². The van der Waals surface area contributed by atoms with Crippen LogP contribution in [0.2, 0.25) is 0 Å². The Kier molecular flexibility index (Phi) is 7.35. The van der Waals surface area contributed by atoms with Crippen molar-refractivity contribution in [3.05, 3.63) is 35.9 Å². The number of carboxylic acid groups (broad SMARTS) is 1. The van der Waals surface area contributed by atoms with E-state index in [0.717, 1.165) is 5.56 Å². The maximum absolute atomic E-state index is 11.6. The number of hydrogen-bond donors (Lipinski definition) is 3. The zero-order chi connectivity index (χ0) is 14.8. The van der Waals surface area contributed by atoms with Crippen molar-refractivity contribution in [3.63, 3.8) is 0 Å². The van der Waals surface area contributed by atoms with Gasteiger partial charge in [0.1, 0.15) is 0 Å². The topological polar surface area (TPSA) is 92.4 Å². The first-order valence-electron chi connectivity index (χ1n) is 6.88. The summed E-state index contributed by atoms with van der Waals surface area (Å²) < 4.78 is 0. The summed E-state index contributed by atoms with van der Waals surface area (Å²) >= 11 is 0. The highest BCUT2D eigenvalue weighted by Gasteiger charge is 2.08. The van der Waals surface area contributed by atoms with Crippen LogP contribution < -0.4 is 11.1 Å². The number of aliphatic carboxylic acids is 1. The summed E-state index contributed by atoms with van der Waals surface area (Å²) in [7, 11) is 0. The van der Waals surface area contributed by atoms with Gasteiger partial charge in [0.2, 0.25) is 5.91 Å². The molecule has 20 heavy (non-hydrogen) atoms. The normalized spacial score (nSPS) is 11.8. The van der Waals surface area contributed by atoms with Crippen LogP contribution in [0.1, 0.15) is 43.7 Å². The van der Waals surface area contributed by atoms with Crippen LogP contribution in [-0.4, -0.2) is 23.5 Å². The van der Waals surface area contributed by atoms with Gasteiger partial charge in [-0.15, -0.1) is 0 Å². The Bertz CT molecular complexity index is 420. The molecule has 0 fully saturated rings. The first-order valence-corrected chi connectivity index (χ1v) is 6.88. The fourth-order valence-corrected chi connectivity index (χ4v) is 1.87. The Morgan fingerprint density at radius 2 is 1.85 bits per heavy atom.